The van der Waals surface area contributed by atoms with Gasteiger partial charge in [-0.05, 0) is 54.3 Å². The second kappa shape index (κ2) is 12.9. The molecular formula is C21H25O3Y-. The molecule has 0 aliphatic carbocycles. The minimum atomic E-state index is 0. The Balaban J connectivity index is 0.00000185. The number of carbonyl (C=O) groups is 1. The van der Waals surface area contributed by atoms with E-state index < -0.39 is 0 Å². The van der Waals surface area contributed by atoms with Crippen molar-refractivity contribution in [3.63, 3.8) is 0 Å². The molecule has 0 saturated carbocycles. The van der Waals surface area contributed by atoms with Gasteiger partial charge in [0.15, 0.2) is 5.78 Å². The van der Waals surface area contributed by atoms with Crippen LogP contribution in [0.5, 0.6) is 5.75 Å². The van der Waals surface area contributed by atoms with Crippen LogP contribution in [0, 0.1) is 6.92 Å². The number of benzene rings is 2. The summed E-state index contributed by atoms with van der Waals surface area (Å²) in [5.74, 6) is 0.845. The SMILES string of the molecule is CCc1cc(OCc2ccc(/C=C/O)cc2)ccc1C(C)=O.[CH2-]C.[Y]. The molecule has 0 bridgehead atoms. The maximum atomic E-state index is 11.5. The van der Waals surface area contributed by atoms with Crippen molar-refractivity contribution >= 4 is 11.9 Å². The Morgan fingerprint density at radius 3 is 2.32 bits per heavy atom. The minimum absolute atomic E-state index is 0. The Labute approximate surface area is 176 Å². The van der Waals surface area contributed by atoms with E-state index in [9.17, 15) is 4.79 Å². The molecule has 2 rings (SSSR count). The van der Waals surface area contributed by atoms with Crippen molar-refractivity contribution < 1.29 is 47.3 Å². The summed E-state index contributed by atoms with van der Waals surface area (Å²) < 4.78 is 5.79. The van der Waals surface area contributed by atoms with E-state index in [2.05, 4.69) is 6.92 Å². The average Bonchev–Trinajstić information content (AvgIpc) is 2.62. The number of aliphatic hydroxyl groups is 1. The van der Waals surface area contributed by atoms with Crippen molar-refractivity contribution in [2.45, 2.75) is 33.8 Å². The van der Waals surface area contributed by atoms with Gasteiger partial charge >= 0.3 is 0 Å². The molecule has 0 saturated heterocycles. The first-order valence-corrected chi connectivity index (χ1v) is 8.01. The monoisotopic (exact) mass is 414 g/mol. The first-order valence-electron chi connectivity index (χ1n) is 8.01. The summed E-state index contributed by atoms with van der Waals surface area (Å²) >= 11 is 0. The van der Waals surface area contributed by atoms with Crippen LogP contribution in [0.4, 0.5) is 0 Å². The van der Waals surface area contributed by atoms with Crippen LogP contribution in [0.25, 0.3) is 6.08 Å². The molecule has 131 valence electrons. The van der Waals surface area contributed by atoms with E-state index in [-0.39, 0.29) is 38.5 Å². The molecule has 0 fully saturated rings. The van der Waals surface area contributed by atoms with Gasteiger partial charge in [-0.2, -0.15) is 6.92 Å². The van der Waals surface area contributed by atoms with Crippen LogP contribution < -0.4 is 4.74 Å². The van der Waals surface area contributed by atoms with Crippen molar-refractivity contribution in [2.75, 3.05) is 0 Å². The summed E-state index contributed by atoms with van der Waals surface area (Å²) in [4.78, 5) is 11.5. The molecule has 0 amide bonds. The van der Waals surface area contributed by atoms with Gasteiger partial charge in [0, 0.05) is 38.3 Å². The Morgan fingerprint density at radius 2 is 1.80 bits per heavy atom. The summed E-state index contributed by atoms with van der Waals surface area (Å²) in [6.07, 6.45) is 3.45. The van der Waals surface area contributed by atoms with E-state index in [1.807, 2.05) is 49.4 Å². The van der Waals surface area contributed by atoms with Crippen LogP contribution >= 0.6 is 0 Å². The summed E-state index contributed by atoms with van der Waals surface area (Å²) in [7, 11) is 0. The van der Waals surface area contributed by atoms with Crippen molar-refractivity contribution in [2.24, 2.45) is 0 Å². The number of aliphatic hydroxyl groups excluding tert-OH is 1. The molecule has 0 heterocycles. The second-order valence-electron chi connectivity index (χ2n) is 5.07. The number of hydrogen-bond donors (Lipinski definition) is 1. The zero-order chi connectivity index (χ0) is 17.9. The minimum Gasteiger partial charge on any atom is -0.516 e. The van der Waals surface area contributed by atoms with E-state index in [0.717, 1.165) is 40.7 Å². The van der Waals surface area contributed by atoms with Gasteiger partial charge in [-0.15, -0.1) is 0 Å². The van der Waals surface area contributed by atoms with Gasteiger partial charge in [0.1, 0.15) is 12.4 Å². The molecule has 0 aliphatic heterocycles. The third kappa shape index (κ3) is 7.54. The maximum Gasteiger partial charge on any atom is 0.160 e. The molecule has 0 spiro atoms. The van der Waals surface area contributed by atoms with Crippen molar-refractivity contribution in [3.8, 4) is 5.75 Å². The second-order valence-corrected chi connectivity index (χ2v) is 5.07. The first-order chi connectivity index (χ1) is 11.6. The summed E-state index contributed by atoms with van der Waals surface area (Å²) in [5, 5.41) is 8.72. The number of carbonyl (C=O) groups excluding carboxylic acids is 1. The van der Waals surface area contributed by atoms with Crippen LogP contribution in [-0.2, 0) is 45.7 Å². The Hall–Kier alpha value is -1.45. The molecule has 0 unspecified atom stereocenters. The molecule has 0 atom stereocenters. The molecule has 25 heavy (non-hydrogen) atoms. The number of aryl methyl sites for hydroxylation is 1. The fraction of sp³-hybridized carbons (Fsp3) is 0.238. The molecule has 1 N–H and O–H groups in total. The molecule has 0 aliphatic rings. The average molecular weight is 414 g/mol. The first kappa shape index (κ1) is 23.6. The molecule has 2 aromatic rings. The summed E-state index contributed by atoms with van der Waals surface area (Å²) in [6, 6.07) is 13.3. The third-order valence-electron chi connectivity index (χ3n) is 3.49. The number of ketones is 1. The summed E-state index contributed by atoms with van der Waals surface area (Å²) in [5.41, 5.74) is 3.75. The smallest absolute Gasteiger partial charge is 0.160 e. The van der Waals surface area contributed by atoms with E-state index in [1.54, 1.807) is 19.9 Å². The van der Waals surface area contributed by atoms with Crippen molar-refractivity contribution in [3.05, 3.63) is 77.9 Å². The topological polar surface area (TPSA) is 46.5 Å². The Bertz CT molecular complexity index is 676. The standard InChI is InChI=1S/C19H20O3.C2H5.Y/c1-3-17-12-18(8-9-19(17)14(2)21)22-13-16-6-4-15(5-7-16)10-11-20;1-2;/h4-12,20H,3,13H2,1-2H3;1H2,2H3;/q;-1;/b11-10+;;. The molecule has 1 radical (unpaired) electrons. The quantitative estimate of drug-likeness (QED) is 0.391. The number of rotatable bonds is 6. The van der Waals surface area contributed by atoms with E-state index in [0.29, 0.717) is 6.61 Å². The zero-order valence-electron chi connectivity index (χ0n) is 15.2. The van der Waals surface area contributed by atoms with E-state index in [4.69, 9.17) is 9.84 Å². The van der Waals surface area contributed by atoms with Crippen LogP contribution in [-0.4, -0.2) is 10.9 Å². The number of hydrogen-bond acceptors (Lipinski definition) is 3. The largest absolute Gasteiger partial charge is 0.516 e. The van der Waals surface area contributed by atoms with Gasteiger partial charge in [-0.3, -0.25) is 4.79 Å². The predicted octanol–water partition coefficient (Wildman–Crippen LogP) is 5.40. The maximum absolute atomic E-state index is 11.5. The summed E-state index contributed by atoms with van der Waals surface area (Å²) in [6.45, 7) is 9.07. The zero-order valence-corrected chi connectivity index (χ0v) is 18.0. The molecular weight excluding hydrogens is 389 g/mol. The predicted molar refractivity (Wildman–Crippen MR) is 99.3 cm³/mol. The van der Waals surface area contributed by atoms with Crippen LogP contribution in [0.2, 0.25) is 0 Å². The Kier molecular flexibility index (Phi) is 12.1. The van der Waals surface area contributed by atoms with Crippen LogP contribution in [0.3, 0.4) is 0 Å². The van der Waals surface area contributed by atoms with E-state index >= 15 is 0 Å². The Morgan fingerprint density at radius 1 is 1.16 bits per heavy atom. The molecule has 2 aromatic carbocycles. The van der Waals surface area contributed by atoms with Crippen molar-refractivity contribution in [1.82, 2.24) is 0 Å². The molecule has 4 heteroatoms. The van der Waals surface area contributed by atoms with E-state index in [1.165, 1.54) is 0 Å². The fourth-order valence-corrected chi connectivity index (χ4v) is 2.27. The van der Waals surface area contributed by atoms with Gasteiger partial charge < -0.3 is 16.8 Å². The normalized spacial score (nSPS) is 9.76. The number of ether oxygens (including phenoxy) is 1. The van der Waals surface area contributed by atoms with Gasteiger partial charge in [0.05, 0.1) is 6.26 Å². The van der Waals surface area contributed by atoms with Crippen molar-refractivity contribution in [1.29, 1.82) is 0 Å². The van der Waals surface area contributed by atoms with Gasteiger partial charge in [0.2, 0.25) is 0 Å². The van der Waals surface area contributed by atoms with Crippen LogP contribution in [0.1, 0.15) is 47.8 Å². The molecule has 3 nitrogen and oxygen atoms in total. The third-order valence-corrected chi connectivity index (χ3v) is 3.49. The van der Waals surface area contributed by atoms with Gasteiger partial charge in [0.25, 0.3) is 0 Å². The van der Waals surface area contributed by atoms with Gasteiger partial charge in [-0.1, -0.05) is 31.2 Å². The fourth-order valence-electron chi connectivity index (χ4n) is 2.27. The number of Topliss-reactive ketones (excluding diaryl/α,β-unsaturated/α-hetero) is 1. The van der Waals surface area contributed by atoms with Gasteiger partial charge in [-0.25, -0.2) is 0 Å². The molecule has 0 aromatic heterocycles. The van der Waals surface area contributed by atoms with Crippen LogP contribution in [0.15, 0.2) is 48.7 Å².